The Morgan fingerprint density at radius 1 is 1.29 bits per heavy atom. The van der Waals surface area contributed by atoms with Gasteiger partial charge in [-0.15, -0.1) is 0 Å². The number of hydrogen-bond donors (Lipinski definition) is 2. The molecule has 21 heavy (non-hydrogen) atoms. The van der Waals surface area contributed by atoms with Crippen LogP contribution in [-0.4, -0.2) is 30.7 Å². The van der Waals surface area contributed by atoms with E-state index < -0.39 is 0 Å². The van der Waals surface area contributed by atoms with Gasteiger partial charge in [-0.25, -0.2) is 9.13 Å². The van der Waals surface area contributed by atoms with Gasteiger partial charge in [0, 0.05) is 37.6 Å². The first kappa shape index (κ1) is 13.9. The second kappa shape index (κ2) is 6.18. The maximum atomic E-state index is 5.89. The first-order chi connectivity index (χ1) is 10.2. The summed E-state index contributed by atoms with van der Waals surface area (Å²) in [5.74, 6) is 0. The molecule has 5 nitrogen and oxygen atoms in total. The van der Waals surface area contributed by atoms with Gasteiger partial charge in [0.15, 0.2) is 0 Å². The van der Waals surface area contributed by atoms with Crippen LogP contribution in [0.2, 0.25) is 0 Å². The summed E-state index contributed by atoms with van der Waals surface area (Å²) < 4.78 is 4.25. The fraction of sp³-hybridized carbons (Fsp3) is 0.438. The molecular weight excluding hydrogens is 262 g/mol. The Balaban J connectivity index is 1.42. The highest BCUT2D eigenvalue weighted by Gasteiger charge is 2.18. The van der Waals surface area contributed by atoms with Crippen molar-refractivity contribution in [2.24, 2.45) is 7.05 Å². The van der Waals surface area contributed by atoms with E-state index in [0.717, 1.165) is 44.8 Å². The molecule has 1 aliphatic rings. The van der Waals surface area contributed by atoms with Gasteiger partial charge >= 0.3 is 0 Å². The lowest BCUT2D eigenvalue weighted by Crippen LogP contribution is -2.32. The molecule has 0 saturated carbocycles. The molecule has 0 atom stereocenters. The summed E-state index contributed by atoms with van der Waals surface area (Å²) in [7, 11) is 2.04. The van der Waals surface area contributed by atoms with Gasteiger partial charge in [-0.2, -0.15) is 0 Å². The van der Waals surface area contributed by atoms with Gasteiger partial charge in [-0.3, -0.25) is 0 Å². The van der Waals surface area contributed by atoms with Crippen molar-refractivity contribution in [2.75, 3.05) is 36.8 Å². The molecule has 0 aliphatic carbocycles. The molecule has 2 aromatic rings. The van der Waals surface area contributed by atoms with E-state index in [1.54, 1.807) is 0 Å². The predicted molar refractivity (Wildman–Crippen MR) is 85.2 cm³/mol. The van der Waals surface area contributed by atoms with E-state index >= 15 is 0 Å². The van der Waals surface area contributed by atoms with Crippen LogP contribution in [-0.2, 0) is 20.0 Å². The highest BCUT2D eigenvalue weighted by molar-refractivity contribution is 5.64. The van der Waals surface area contributed by atoms with Crippen LogP contribution in [0.4, 0.5) is 11.4 Å². The van der Waals surface area contributed by atoms with Crippen molar-refractivity contribution in [1.82, 2.24) is 9.88 Å². The first-order valence-electron chi connectivity index (χ1n) is 7.57. The molecule has 112 valence electrons. The van der Waals surface area contributed by atoms with Crippen LogP contribution in [0, 0.1) is 0 Å². The number of nitrogens with one attached hydrogen (secondary N) is 1. The fourth-order valence-corrected chi connectivity index (χ4v) is 2.88. The minimum Gasteiger partial charge on any atom is -0.399 e. The van der Waals surface area contributed by atoms with Gasteiger partial charge in [0.25, 0.3) is 0 Å². The third kappa shape index (κ3) is 3.36. The van der Waals surface area contributed by atoms with E-state index in [2.05, 4.69) is 50.2 Å². The largest absolute Gasteiger partial charge is 0.399 e. The molecule has 0 unspecified atom stereocenters. The monoisotopic (exact) mass is 286 g/mol. The number of nitrogens with zero attached hydrogens (tertiary/aromatic N) is 3. The number of aryl methyl sites for hydroxylation is 1. The Labute approximate surface area is 126 Å². The van der Waals surface area contributed by atoms with Crippen LogP contribution in [0.3, 0.4) is 0 Å². The Bertz CT molecular complexity index is 604. The number of fused-ring (bicyclic) bond motifs is 1. The summed E-state index contributed by atoms with van der Waals surface area (Å²) in [6.45, 7) is 5.14. The number of anilines is 2. The lowest BCUT2D eigenvalue weighted by Gasteiger charge is -2.19. The summed E-state index contributed by atoms with van der Waals surface area (Å²) in [5, 5.41) is 3.51. The third-order valence-electron chi connectivity index (χ3n) is 4.03. The number of imidazole rings is 1. The minimum absolute atomic E-state index is 0.856. The van der Waals surface area contributed by atoms with Gasteiger partial charge < -0.3 is 16.0 Å². The zero-order valence-electron chi connectivity index (χ0n) is 12.6. The molecule has 5 heteroatoms. The van der Waals surface area contributed by atoms with Crippen LogP contribution in [0.5, 0.6) is 0 Å². The summed E-state index contributed by atoms with van der Waals surface area (Å²) in [6.07, 6.45) is 7.39. The van der Waals surface area contributed by atoms with E-state index in [1.807, 2.05) is 13.1 Å². The van der Waals surface area contributed by atoms with Crippen LogP contribution in [0.25, 0.3) is 0 Å². The van der Waals surface area contributed by atoms with Crippen molar-refractivity contribution >= 4 is 11.4 Å². The van der Waals surface area contributed by atoms with Gasteiger partial charge in [0.2, 0.25) is 6.33 Å². The molecule has 0 bridgehead atoms. The van der Waals surface area contributed by atoms with Crippen LogP contribution >= 0.6 is 0 Å². The van der Waals surface area contributed by atoms with Crippen molar-refractivity contribution in [3.05, 3.63) is 42.5 Å². The molecule has 1 aromatic heterocycles. The second-order valence-electron chi connectivity index (χ2n) is 5.69. The van der Waals surface area contributed by atoms with Crippen molar-refractivity contribution in [3.8, 4) is 0 Å². The number of nitrogens with two attached hydrogens (primary N) is 1. The first-order valence-corrected chi connectivity index (χ1v) is 7.57. The molecule has 0 amide bonds. The van der Waals surface area contributed by atoms with Crippen molar-refractivity contribution in [3.63, 3.8) is 0 Å². The van der Waals surface area contributed by atoms with Crippen molar-refractivity contribution < 1.29 is 4.57 Å². The number of aromatic nitrogens is 2. The fourth-order valence-electron chi connectivity index (χ4n) is 2.88. The Hall–Kier alpha value is -2.01. The predicted octanol–water partition coefficient (Wildman–Crippen LogP) is 0.547. The topological polar surface area (TPSA) is 50.1 Å². The van der Waals surface area contributed by atoms with Gasteiger partial charge in [-0.05, 0) is 24.1 Å². The summed E-state index contributed by atoms with van der Waals surface area (Å²) >= 11 is 0. The molecule has 0 radical (unpaired) electrons. The molecule has 0 saturated heterocycles. The Morgan fingerprint density at radius 2 is 2.14 bits per heavy atom. The van der Waals surface area contributed by atoms with Crippen molar-refractivity contribution in [1.29, 1.82) is 0 Å². The van der Waals surface area contributed by atoms with E-state index in [9.17, 15) is 0 Å². The van der Waals surface area contributed by atoms with E-state index in [1.165, 1.54) is 11.3 Å². The highest BCUT2D eigenvalue weighted by Crippen LogP contribution is 2.29. The molecular formula is C16H24N5+. The van der Waals surface area contributed by atoms with E-state index in [0.29, 0.717) is 0 Å². The maximum absolute atomic E-state index is 5.89. The molecule has 0 spiro atoms. The summed E-state index contributed by atoms with van der Waals surface area (Å²) in [5.41, 5.74) is 9.48. The zero-order valence-corrected chi connectivity index (χ0v) is 12.6. The maximum Gasteiger partial charge on any atom is 0.243 e. The minimum atomic E-state index is 0.856. The van der Waals surface area contributed by atoms with Crippen molar-refractivity contribution in [2.45, 2.75) is 13.0 Å². The highest BCUT2D eigenvalue weighted by atomic mass is 15.2. The average molecular weight is 286 g/mol. The van der Waals surface area contributed by atoms with Gasteiger partial charge in [0.05, 0.1) is 7.05 Å². The molecule has 0 fully saturated rings. The van der Waals surface area contributed by atoms with E-state index in [-0.39, 0.29) is 0 Å². The van der Waals surface area contributed by atoms with Crippen LogP contribution in [0.15, 0.2) is 36.9 Å². The molecule has 2 heterocycles. The third-order valence-corrected chi connectivity index (χ3v) is 4.03. The molecule has 3 rings (SSSR count). The molecule has 3 N–H and O–H groups in total. The summed E-state index contributed by atoms with van der Waals surface area (Å²) in [4.78, 5) is 2.42. The molecule has 1 aliphatic heterocycles. The average Bonchev–Trinajstić information content (AvgIpc) is 3.05. The van der Waals surface area contributed by atoms with Crippen LogP contribution < -0.4 is 20.5 Å². The second-order valence-corrected chi connectivity index (χ2v) is 5.69. The summed E-state index contributed by atoms with van der Waals surface area (Å²) in [6, 6.07) is 6.25. The van der Waals surface area contributed by atoms with Gasteiger partial charge in [0.1, 0.15) is 18.9 Å². The lowest BCUT2D eigenvalue weighted by atomic mass is 10.1. The quantitative estimate of drug-likeness (QED) is 0.463. The normalized spacial score (nSPS) is 13.7. The standard InChI is InChI=1S/C16H24N5/c1-19-10-11-20(13-19)8-5-18-6-9-21-7-4-14-2-3-15(17)12-16(14)21/h2-3,10-13,18H,4-9,17H2,1H3/q+1. The number of nitrogen functional groups attached to an aromatic ring is 1. The molecule has 1 aromatic carbocycles. The van der Waals surface area contributed by atoms with Gasteiger partial charge in [-0.1, -0.05) is 6.07 Å². The Kier molecular flexibility index (Phi) is 4.10. The smallest absolute Gasteiger partial charge is 0.243 e. The zero-order chi connectivity index (χ0) is 14.7. The van der Waals surface area contributed by atoms with E-state index in [4.69, 9.17) is 5.73 Å². The number of rotatable bonds is 6. The Morgan fingerprint density at radius 3 is 2.95 bits per heavy atom. The lowest BCUT2D eigenvalue weighted by molar-refractivity contribution is -0.671. The SMILES string of the molecule is C[n+]1ccn(CCNCCN2CCc3ccc(N)cc32)c1. The number of hydrogen-bond acceptors (Lipinski definition) is 3. The number of benzene rings is 1. The van der Waals surface area contributed by atoms with Crippen LogP contribution in [0.1, 0.15) is 5.56 Å².